The molecular formula is C21H27N5O2. The molecule has 1 aromatic carbocycles. The van der Waals surface area contributed by atoms with Crippen LogP contribution in [0.5, 0.6) is 0 Å². The normalized spacial score (nSPS) is 17.1. The third kappa shape index (κ3) is 4.67. The number of nitrogens with one attached hydrogen (secondary N) is 4. The number of benzene rings is 1. The van der Waals surface area contributed by atoms with Gasteiger partial charge >= 0.3 is 0 Å². The highest BCUT2D eigenvalue weighted by Gasteiger charge is 2.25. The lowest BCUT2D eigenvalue weighted by Gasteiger charge is -2.25. The minimum absolute atomic E-state index is 0.280. The number of allylic oxidation sites excluding steroid dienone is 1. The molecule has 1 aliphatic rings. The highest BCUT2D eigenvalue weighted by Crippen LogP contribution is 2.28. The highest BCUT2D eigenvalue weighted by atomic mass is 16.3. The molecule has 0 saturated heterocycles. The summed E-state index contributed by atoms with van der Waals surface area (Å²) in [6, 6.07) is 5.77. The van der Waals surface area contributed by atoms with Crippen LogP contribution in [0.3, 0.4) is 0 Å². The van der Waals surface area contributed by atoms with Crippen LogP contribution in [0.25, 0.3) is 10.9 Å². The van der Waals surface area contributed by atoms with E-state index in [1.807, 2.05) is 18.2 Å². The minimum atomic E-state index is -1.36. The Balaban J connectivity index is 1.53. The van der Waals surface area contributed by atoms with Crippen molar-refractivity contribution in [1.82, 2.24) is 15.5 Å². The molecule has 0 aliphatic heterocycles. The van der Waals surface area contributed by atoms with Gasteiger partial charge in [-0.2, -0.15) is 5.10 Å². The van der Waals surface area contributed by atoms with E-state index in [0.29, 0.717) is 18.0 Å². The molecule has 1 aliphatic carbocycles. The molecule has 7 nitrogen and oxygen atoms in total. The fraction of sp³-hybridized carbons (Fsp3) is 0.381. The topological polar surface area (TPSA) is 114 Å². The Morgan fingerprint density at radius 1 is 1.46 bits per heavy atom. The molecule has 3 rings (SSSR count). The molecule has 1 atom stereocenters. The first-order valence-electron chi connectivity index (χ1n) is 9.42. The number of H-pyrrole nitrogens is 1. The molecule has 148 valence electrons. The molecule has 0 radical (unpaired) electrons. The largest absolute Gasteiger partial charge is 0.381 e. The monoisotopic (exact) mass is 381 g/mol. The van der Waals surface area contributed by atoms with E-state index in [0.717, 1.165) is 41.4 Å². The molecule has 0 saturated carbocycles. The second-order valence-corrected chi connectivity index (χ2v) is 7.79. The molecule has 7 heteroatoms. The summed E-state index contributed by atoms with van der Waals surface area (Å²) in [5.41, 5.74) is 2.17. The SMILES string of the molecule is C=C(C(=N)Nc1ccc2[nH]ncc2c1)C1=CCC(CNC(=O)C(C)(C)O)CC1. The number of carbonyl (C=O) groups is 1. The van der Waals surface area contributed by atoms with Crippen LogP contribution >= 0.6 is 0 Å². The van der Waals surface area contributed by atoms with Crippen molar-refractivity contribution in [1.29, 1.82) is 5.41 Å². The summed E-state index contributed by atoms with van der Waals surface area (Å²) in [5.74, 6) is 0.253. The molecule has 1 heterocycles. The number of nitrogens with zero attached hydrogens (tertiary/aromatic N) is 1. The average Bonchev–Trinajstić information content (AvgIpc) is 3.13. The summed E-state index contributed by atoms with van der Waals surface area (Å²) in [5, 5.41) is 31.8. The molecule has 1 unspecified atom stereocenters. The van der Waals surface area contributed by atoms with E-state index in [1.165, 1.54) is 13.8 Å². The van der Waals surface area contributed by atoms with E-state index < -0.39 is 5.60 Å². The van der Waals surface area contributed by atoms with E-state index in [-0.39, 0.29) is 11.7 Å². The number of aliphatic hydroxyl groups is 1. The minimum Gasteiger partial charge on any atom is -0.381 e. The average molecular weight is 381 g/mol. The van der Waals surface area contributed by atoms with Crippen molar-refractivity contribution in [2.75, 3.05) is 11.9 Å². The Bertz CT molecular complexity index is 936. The summed E-state index contributed by atoms with van der Waals surface area (Å²) < 4.78 is 0. The third-order valence-electron chi connectivity index (χ3n) is 5.03. The van der Waals surface area contributed by atoms with Crippen molar-refractivity contribution < 1.29 is 9.90 Å². The van der Waals surface area contributed by atoms with Gasteiger partial charge in [0, 0.05) is 23.2 Å². The molecule has 0 fully saturated rings. The Hall–Kier alpha value is -2.93. The Morgan fingerprint density at radius 2 is 2.25 bits per heavy atom. The summed E-state index contributed by atoms with van der Waals surface area (Å²) in [7, 11) is 0. The molecule has 5 N–H and O–H groups in total. The zero-order chi connectivity index (χ0) is 20.3. The van der Waals surface area contributed by atoms with Crippen LogP contribution in [0, 0.1) is 11.3 Å². The molecule has 2 aromatic rings. The highest BCUT2D eigenvalue weighted by molar-refractivity contribution is 6.09. The quantitative estimate of drug-likeness (QED) is 0.391. The van der Waals surface area contributed by atoms with E-state index >= 15 is 0 Å². The van der Waals surface area contributed by atoms with Crippen molar-refractivity contribution in [2.45, 2.75) is 38.7 Å². The third-order valence-corrected chi connectivity index (χ3v) is 5.03. The number of amides is 1. The zero-order valence-corrected chi connectivity index (χ0v) is 16.3. The van der Waals surface area contributed by atoms with E-state index in [1.54, 1.807) is 6.20 Å². The summed E-state index contributed by atoms with van der Waals surface area (Å²) in [6.07, 6.45) is 6.38. The fourth-order valence-electron chi connectivity index (χ4n) is 3.20. The summed E-state index contributed by atoms with van der Waals surface area (Å²) in [6.45, 7) is 7.58. The molecule has 0 bridgehead atoms. The van der Waals surface area contributed by atoms with Crippen LogP contribution in [-0.4, -0.2) is 39.2 Å². The van der Waals surface area contributed by atoms with Crippen LogP contribution in [-0.2, 0) is 4.79 Å². The van der Waals surface area contributed by atoms with Gasteiger partial charge in [0.2, 0.25) is 0 Å². The molecular weight excluding hydrogens is 354 g/mol. The van der Waals surface area contributed by atoms with Gasteiger partial charge in [-0.15, -0.1) is 0 Å². The number of anilines is 1. The van der Waals surface area contributed by atoms with Gasteiger partial charge in [0.15, 0.2) is 0 Å². The van der Waals surface area contributed by atoms with Gasteiger partial charge in [-0.1, -0.05) is 12.7 Å². The summed E-state index contributed by atoms with van der Waals surface area (Å²) >= 11 is 0. The van der Waals surface area contributed by atoms with E-state index in [9.17, 15) is 9.90 Å². The van der Waals surface area contributed by atoms with Crippen molar-refractivity contribution >= 4 is 28.3 Å². The van der Waals surface area contributed by atoms with Gasteiger partial charge in [-0.05, 0) is 62.8 Å². The lowest BCUT2D eigenvalue weighted by molar-refractivity contribution is -0.136. The molecule has 0 spiro atoms. The van der Waals surface area contributed by atoms with E-state index in [2.05, 4.69) is 33.5 Å². The predicted molar refractivity (Wildman–Crippen MR) is 111 cm³/mol. The standard InChI is InChI=1S/C21H27N5O2/c1-13(19(22)25-17-8-9-18-16(10-17)12-24-26-18)15-6-4-14(5-7-15)11-23-20(27)21(2,3)28/h6,8-10,12,14,28H,1,4-5,7,11H2,2-3H3,(H2,22,25)(H,23,27)(H,24,26). The number of rotatable bonds is 6. The lowest BCUT2D eigenvalue weighted by Crippen LogP contribution is -2.43. The lowest BCUT2D eigenvalue weighted by atomic mass is 9.86. The van der Waals surface area contributed by atoms with Crippen LogP contribution in [0.2, 0.25) is 0 Å². The fourth-order valence-corrected chi connectivity index (χ4v) is 3.20. The predicted octanol–water partition coefficient (Wildman–Crippen LogP) is 3.12. The summed E-state index contributed by atoms with van der Waals surface area (Å²) in [4.78, 5) is 11.8. The van der Waals surface area contributed by atoms with Crippen molar-refractivity contribution in [3.05, 3.63) is 48.2 Å². The van der Waals surface area contributed by atoms with Crippen LogP contribution in [0.15, 0.2) is 48.2 Å². The first-order valence-corrected chi connectivity index (χ1v) is 9.42. The molecule has 1 aromatic heterocycles. The molecule has 1 amide bonds. The number of amidine groups is 1. The molecule has 28 heavy (non-hydrogen) atoms. The maximum atomic E-state index is 11.8. The van der Waals surface area contributed by atoms with Gasteiger partial charge in [0.1, 0.15) is 11.4 Å². The van der Waals surface area contributed by atoms with Crippen molar-refractivity contribution in [3.63, 3.8) is 0 Å². The zero-order valence-electron chi connectivity index (χ0n) is 16.3. The van der Waals surface area contributed by atoms with Gasteiger partial charge in [0.05, 0.1) is 11.7 Å². The first kappa shape index (κ1) is 19.8. The number of hydrogen-bond acceptors (Lipinski definition) is 4. The van der Waals surface area contributed by atoms with Crippen LogP contribution in [0.1, 0.15) is 33.1 Å². The first-order chi connectivity index (χ1) is 13.2. The Kier molecular flexibility index (Phi) is 5.65. The van der Waals surface area contributed by atoms with Gasteiger partial charge < -0.3 is 15.7 Å². The maximum absolute atomic E-state index is 11.8. The number of hydrogen-bond donors (Lipinski definition) is 5. The second-order valence-electron chi connectivity index (χ2n) is 7.79. The second kappa shape index (κ2) is 7.98. The van der Waals surface area contributed by atoms with Crippen molar-refractivity contribution in [2.24, 2.45) is 5.92 Å². The van der Waals surface area contributed by atoms with Crippen molar-refractivity contribution in [3.8, 4) is 0 Å². The van der Waals surface area contributed by atoms with Gasteiger partial charge in [0.25, 0.3) is 5.91 Å². The maximum Gasteiger partial charge on any atom is 0.251 e. The smallest absolute Gasteiger partial charge is 0.251 e. The number of fused-ring (bicyclic) bond motifs is 1. The van der Waals surface area contributed by atoms with Crippen LogP contribution < -0.4 is 10.6 Å². The van der Waals surface area contributed by atoms with Gasteiger partial charge in [-0.3, -0.25) is 15.3 Å². The number of carbonyl (C=O) groups excluding carboxylic acids is 1. The Morgan fingerprint density at radius 3 is 2.93 bits per heavy atom. The van der Waals surface area contributed by atoms with Gasteiger partial charge in [-0.25, -0.2) is 0 Å². The van der Waals surface area contributed by atoms with Crippen LogP contribution in [0.4, 0.5) is 5.69 Å². The number of aromatic nitrogens is 2. The Labute approximate surface area is 164 Å². The van der Waals surface area contributed by atoms with E-state index in [4.69, 9.17) is 5.41 Å². The number of aromatic amines is 1.